The summed E-state index contributed by atoms with van der Waals surface area (Å²) < 4.78 is 4.92. The monoisotopic (exact) mass is 143 g/mol. The lowest BCUT2D eigenvalue weighted by Gasteiger charge is -2.02. The van der Waals surface area contributed by atoms with Crippen LogP contribution in [-0.4, -0.2) is 35.9 Å². The van der Waals surface area contributed by atoms with Crippen LogP contribution in [0, 0.1) is 0 Å². The Morgan fingerprint density at radius 2 is 2.50 bits per heavy atom. The van der Waals surface area contributed by atoms with Gasteiger partial charge in [-0.05, 0) is 6.42 Å². The number of hydrogen-bond acceptors (Lipinski definition) is 3. The van der Waals surface area contributed by atoms with Crippen molar-refractivity contribution in [1.29, 1.82) is 0 Å². The van der Waals surface area contributed by atoms with Crippen molar-refractivity contribution < 1.29 is 14.6 Å². The lowest BCUT2D eigenvalue weighted by atomic mass is 10.2. The van der Waals surface area contributed by atoms with Gasteiger partial charge >= 0.3 is 0 Å². The molecule has 2 fully saturated rings. The highest BCUT2D eigenvalue weighted by Crippen LogP contribution is 2.28. The Morgan fingerprint density at radius 1 is 1.70 bits per heavy atom. The first kappa shape index (κ1) is 6.12. The summed E-state index contributed by atoms with van der Waals surface area (Å²) in [6.07, 6.45) is -0.434. The van der Waals surface area contributed by atoms with Gasteiger partial charge in [0.1, 0.15) is 6.10 Å². The van der Waals surface area contributed by atoms with Gasteiger partial charge in [0.2, 0.25) is 0 Å². The van der Waals surface area contributed by atoms with E-state index < -0.39 is 6.10 Å². The average molecular weight is 143 g/mol. The molecule has 1 amide bonds. The Labute approximate surface area is 58.2 Å². The zero-order valence-electron chi connectivity index (χ0n) is 5.41. The lowest BCUT2D eigenvalue weighted by Crippen LogP contribution is -2.27. The quantitative estimate of drug-likeness (QED) is 0.411. The van der Waals surface area contributed by atoms with Gasteiger partial charge in [0.05, 0.1) is 6.10 Å². The van der Waals surface area contributed by atoms with Gasteiger partial charge in [0, 0.05) is 6.54 Å². The molecule has 0 aromatic carbocycles. The highest BCUT2D eigenvalue weighted by atomic mass is 16.6. The lowest BCUT2D eigenvalue weighted by molar-refractivity contribution is -0.122. The zero-order valence-corrected chi connectivity index (χ0v) is 5.41. The molecule has 10 heavy (non-hydrogen) atoms. The predicted molar refractivity (Wildman–Crippen MR) is 32.3 cm³/mol. The molecular weight excluding hydrogens is 134 g/mol. The molecular formula is C6H9NO3. The number of hydrogen-bond donors (Lipinski definition) is 2. The van der Waals surface area contributed by atoms with Crippen LogP contribution in [0.3, 0.4) is 0 Å². The van der Waals surface area contributed by atoms with Crippen molar-refractivity contribution in [1.82, 2.24) is 5.32 Å². The maximum Gasteiger partial charge on any atom is 0.251 e. The van der Waals surface area contributed by atoms with Crippen molar-refractivity contribution in [2.75, 3.05) is 6.54 Å². The summed E-state index contributed by atoms with van der Waals surface area (Å²) in [5, 5.41) is 11.8. The van der Waals surface area contributed by atoms with E-state index in [0.717, 1.165) is 0 Å². The first-order valence-electron chi connectivity index (χ1n) is 3.40. The fraction of sp³-hybridized carbons (Fsp3) is 0.833. The first-order valence-corrected chi connectivity index (χ1v) is 3.40. The molecule has 0 spiro atoms. The predicted octanol–water partition coefficient (Wildman–Crippen LogP) is -1.37. The van der Waals surface area contributed by atoms with Gasteiger partial charge in [0.25, 0.3) is 5.91 Å². The van der Waals surface area contributed by atoms with Crippen LogP contribution in [0.25, 0.3) is 0 Å². The maximum atomic E-state index is 10.9. The summed E-state index contributed by atoms with van der Waals surface area (Å²) in [5.41, 5.74) is 0. The number of amides is 1. The number of carbonyl (C=O) groups excluding carboxylic acids is 1. The van der Waals surface area contributed by atoms with Gasteiger partial charge in [-0.1, -0.05) is 0 Å². The van der Waals surface area contributed by atoms with E-state index in [9.17, 15) is 9.90 Å². The number of ether oxygens (including phenoxy) is 1. The summed E-state index contributed by atoms with van der Waals surface area (Å²) >= 11 is 0. The van der Waals surface area contributed by atoms with E-state index in [2.05, 4.69) is 5.32 Å². The minimum absolute atomic E-state index is 0.0819. The van der Waals surface area contributed by atoms with Gasteiger partial charge in [-0.3, -0.25) is 4.79 Å². The van der Waals surface area contributed by atoms with Crippen molar-refractivity contribution in [3.63, 3.8) is 0 Å². The average Bonchev–Trinajstić information content (AvgIpc) is 2.63. The summed E-state index contributed by atoms with van der Waals surface area (Å²) in [5.74, 6) is -0.0819. The summed E-state index contributed by atoms with van der Waals surface area (Å²) in [6.45, 7) is 0.566. The second-order valence-corrected chi connectivity index (χ2v) is 2.67. The van der Waals surface area contributed by atoms with E-state index in [1.54, 1.807) is 0 Å². The van der Waals surface area contributed by atoms with Gasteiger partial charge in [-0.25, -0.2) is 0 Å². The number of aliphatic hydroxyl groups is 1. The fourth-order valence-electron chi connectivity index (χ4n) is 1.24. The van der Waals surface area contributed by atoms with Crippen molar-refractivity contribution >= 4 is 5.91 Å². The molecule has 2 heterocycles. The second kappa shape index (κ2) is 1.93. The third kappa shape index (κ3) is 0.803. The standard InChI is InChI=1S/C6H9NO3/c8-3-1-2-7-6(9)5-4(3)10-5/h3-5,8H,1-2H2,(H,7,9)/t3-,4+,5+/m1/s1. The number of epoxide rings is 1. The molecule has 4 heteroatoms. The number of nitrogens with one attached hydrogen (secondary N) is 1. The van der Waals surface area contributed by atoms with E-state index in [-0.39, 0.29) is 18.1 Å². The van der Waals surface area contributed by atoms with E-state index >= 15 is 0 Å². The SMILES string of the molecule is O=C1NCC[C@@H](O)[C@@H]2O[C@H]12. The van der Waals surface area contributed by atoms with Crippen LogP contribution in [-0.2, 0) is 9.53 Å². The van der Waals surface area contributed by atoms with E-state index in [1.807, 2.05) is 0 Å². The van der Waals surface area contributed by atoms with Gasteiger partial charge in [-0.2, -0.15) is 0 Å². The molecule has 4 nitrogen and oxygen atoms in total. The summed E-state index contributed by atoms with van der Waals surface area (Å²) in [6, 6.07) is 0. The molecule has 2 rings (SSSR count). The Hall–Kier alpha value is -0.610. The van der Waals surface area contributed by atoms with Crippen LogP contribution in [0.2, 0.25) is 0 Å². The molecule has 2 aliphatic heterocycles. The molecule has 2 N–H and O–H groups in total. The van der Waals surface area contributed by atoms with Crippen molar-refractivity contribution in [2.45, 2.75) is 24.7 Å². The largest absolute Gasteiger partial charge is 0.390 e. The molecule has 2 saturated heterocycles. The van der Waals surface area contributed by atoms with Crippen molar-refractivity contribution in [3.05, 3.63) is 0 Å². The molecule has 0 aliphatic carbocycles. The minimum atomic E-state index is -0.455. The Kier molecular flexibility index (Phi) is 1.18. The molecule has 0 radical (unpaired) electrons. The van der Waals surface area contributed by atoms with Crippen LogP contribution >= 0.6 is 0 Å². The fourth-order valence-corrected chi connectivity index (χ4v) is 1.24. The van der Waals surface area contributed by atoms with Crippen molar-refractivity contribution in [2.24, 2.45) is 0 Å². The van der Waals surface area contributed by atoms with Crippen LogP contribution < -0.4 is 5.32 Å². The van der Waals surface area contributed by atoms with Crippen LogP contribution in [0.15, 0.2) is 0 Å². The third-order valence-electron chi connectivity index (χ3n) is 1.90. The summed E-state index contributed by atoms with van der Waals surface area (Å²) in [7, 11) is 0. The van der Waals surface area contributed by atoms with Crippen LogP contribution in [0.4, 0.5) is 0 Å². The smallest absolute Gasteiger partial charge is 0.251 e. The number of fused-ring (bicyclic) bond motifs is 1. The molecule has 2 aliphatic rings. The zero-order chi connectivity index (χ0) is 7.14. The van der Waals surface area contributed by atoms with E-state index in [4.69, 9.17) is 4.74 Å². The maximum absolute atomic E-state index is 10.9. The highest BCUT2D eigenvalue weighted by molar-refractivity contribution is 5.84. The molecule has 0 aromatic heterocycles. The van der Waals surface area contributed by atoms with Gasteiger partial charge < -0.3 is 15.2 Å². The minimum Gasteiger partial charge on any atom is -0.390 e. The molecule has 0 unspecified atom stereocenters. The van der Waals surface area contributed by atoms with Crippen molar-refractivity contribution in [3.8, 4) is 0 Å². The Morgan fingerprint density at radius 3 is 3.30 bits per heavy atom. The Balaban J connectivity index is 2.07. The summed E-state index contributed by atoms with van der Waals surface area (Å²) in [4.78, 5) is 10.9. The Bertz CT molecular complexity index is 170. The molecule has 3 atom stereocenters. The van der Waals surface area contributed by atoms with Gasteiger partial charge in [0.15, 0.2) is 6.10 Å². The van der Waals surface area contributed by atoms with E-state index in [1.165, 1.54) is 0 Å². The topological polar surface area (TPSA) is 61.9 Å². The molecule has 0 aromatic rings. The number of rotatable bonds is 0. The first-order chi connectivity index (χ1) is 4.79. The number of aliphatic hydroxyl groups excluding tert-OH is 1. The normalized spacial score (nSPS) is 45.3. The highest BCUT2D eigenvalue weighted by Gasteiger charge is 2.50. The van der Waals surface area contributed by atoms with E-state index in [0.29, 0.717) is 13.0 Å². The van der Waals surface area contributed by atoms with Crippen LogP contribution in [0.1, 0.15) is 6.42 Å². The molecule has 0 bridgehead atoms. The van der Waals surface area contributed by atoms with Gasteiger partial charge in [-0.15, -0.1) is 0 Å². The number of carbonyl (C=O) groups is 1. The third-order valence-corrected chi connectivity index (χ3v) is 1.90. The molecule has 0 saturated carbocycles. The molecule has 56 valence electrons. The second-order valence-electron chi connectivity index (χ2n) is 2.67. The van der Waals surface area contributed by atoms with Crippen LogP contribution in [0.5, 0.6) is 0 Å².